The lowest BCUT2D eigenvalue weighted by Gasteiger charge is -2.16. The van der Waals surface area contributed by atoms with Gasteiger partial charge >= 0.3 is 0 Å². The smallest absolute Gasteiger partial charge is 0.138 e. The third kappa shape index (κ3) is 2.14. The lowest BCUT2D eigenvalue weighted by molar-refractivity contribution is -0.0152. The predicted octanol–water partition coefficient (Wildman–Crippen LogP) is -0.639. The molecule has 6 N–H and O–H groups in total. The summed E-state index contributed by atoms with van der Waals surface area (Å²) in [7, 11) is 0. The van der Waals surface area contributed by atoms with Crippen LogP contribution in [0.15, 0.2) is 18.2 Å². The molecule has 5 heteroatoms. The number of aromatic hydroxyl groups is 1. The normalized spacial score (nSPS) is 15.1. The number of hydrogen-bond acceptors (Lipinski definition) is 5. The molecular weight excluding hydrogens is 186 g/mol. The van der Waals surface area contributed by atoms with E-state index in [1.54, 1.807) is 0 Å². The molecule has 0 aliphatic carbocycles. The summed E-state index contributed by atoms with van der Waals surface area (Å²) < 4.78 is 0. The Morgan fingerprint density at radius 1 is 1.29 bits per heavy atom. The number of nitrogen functional groups attached to an aromatic ring is 1. The van der Waals surface area contributed by atoms with Crippen molar-refractivity contribution in [1.82, 2.24) is 0 Å². The van der Waals surface area contributed by atoms with E-state index >= 15 is 0 Å². The van der Waals surface area contributed by atoms with E-state index in [0.29, 0.717) is 5.56 Å². The second-order valence-electron chi connectivity index (χ2n) is 3.01. The van der Waals surface area contributed by atoms with E-state index < -0.39 is 18.8 Å². The summed E-state index contributed by atoms with van der Waals surface area (Å²) in [6.45, 7) is -0.540. The number of rotatable bonds is 3. The number of nitrogens with two attached hydrogens (primary N) is 1. The molecule has 1 rings (SSSR count). The van der Waals surface area contributed by atoms with Crippen molar-refractivity contribution in [2.75, 3.05) is 12.3 Å². The maximum atomic E-state index is 9.46. The minimum absolute atomic E-state index is 0.0839. The van der Waals surface area contributed by atoms with Crippen molar-refractivity contribution in [3.05, 3.63) is 23.8 Å². The molecule has 0 radical (unpaired) electrons. The van der Waals surface area contributed by atoms with Crippen molar-refractivity contribution in [3.8, 4) is 5.75 Å². The molecule has 0 aromatic heterocycles. The van der Waals surface area contributed by atoms with Crippen molar-refractivity contribution < 1.29 is 20.4 Å². The van der Waals surface area contributed by atoms with Gasteiger partial charge in [0.1, 0.15) is 18.0 Å². The number of benzene rings is 1. The number of phenolic OH excluding ortho intramolecular Hbond substituents is 1. The zero-order valence-electron chi connectivity index (χ0n) is 7.46. The molecular formula is C9H13NO4. The summed E-state index contributed by atoms with van der Waals surface area (Å²) in [4.78, 5) is 0. The van der Waals surface area contributed by atoms with Crippen LogP contribution in [0.1, 0.15) is 11.7 Å². The van der Waals surface area contributed by atoms with Crippen LogP contribution >= 0.6 is 0 Å². The van der Waals surface area contributed by atoms with E-state index in [-0.39, 0.29) is 11.4 Å². The molecule has 0 amide bonds. The van der Waals surface area contributed by atoms with Gasteiger partial charge in [0.25, 0.3) is 0 Å². The first kappa shape index (κ1) is 10.8. The van der Waals surface area contributed by atoms with Crippen LogP contribution in [0, 0.1) is 0 Å². The fourth-order valence-electron chi connectivity index (χ4n) is 1.08. The molecule has 2 unspecified atom stereocenters. The van der Waals surface area contributed by atoms with E-state index in [1.165, 1.54) is 18.2 Å². The average Bonchev–Trinajstić information content (AvgIpc) is 2.20. The number of hydrogen-bond donors (Lipinski definition) is 5. The Morgan fingerprint density at radius 2 is 1.93 bits per heavy atom. The van der Waals surface area contributed by atoms with Gasteiger partial charge < -0.3 is 26.2 Å². The van der Waals surface area contributed by atoms with Crippen molar-refractivity contribution in [2.45, 2.75) is 12.2 Å². The summed E-state index contributed by atoms with van der Waals surface area (Å²) in [5.41, 5.74) is 5.86. The first-order chi connectivity index (χ1) is 6.56. The second kappa shape index (κ2) is 4.28. The summed E-state index contributed by atoms with van der Waals surface area (Å²) >= 11 is 0. The number of aliphatic hydroxyl groups is 3. The van der Waals surface area contributed by atoms with Gasteiger partial charge in [-0.2, -0.15) is 0 Å². The van der Waals surface area contributed by atoms with Gasteiger partial charge in [-0.1, -0.05) is 6.07 Å². The number of phenols is 1. The van der Waals surface area contributed by atoms with Crippen LogP contribution < -0.4 is 5.73 Å². The van der Waals surface area contributed by atoms with Gasteiger partial charge in [-0.05, 0) is 17.7 Å². The van der Waals surface area contributed by atoms with Crippen LogP contribution in [-0.4, -0.2) is 33.1 Å². The topological polar surface area (TPSA) is 107 Å². The van der Waals surface area contributed by atoms with E-state index in [0.717, 1.165) is 0 Å². The van der Waals surface area contributed by atoms with Crippen LogP contribution in [0.3, 0.4) is 0 Å². The molecule has 0 heterocycles. The molecule has 1 aromatic carbocycles. The van der Waals surface area contributed by atoms with E-state index in [1.807, 2.05) is 0 Å². The van der Waals surface area contributed by atoms with Gasteiger partial charge in [0, 0.05) is 0 Å². The van der Waals surface area contributed by atoms with Gasteiger partial charge in [0.2, 0.25) is 0 Å². The summed E-state index contributed by atoms with van der Waals surface area (Å²) in [5.74, 6) is -0.0839. The molecule has 78 valence electrons. The number of anilines is 1. The molecule has 0 bridgehead atoms. The van der Waals surface area contributed by atoms with Crippen LogP contribution in [0.25, 0.3) is 0 Å². The van der Waals surface area contributed by atoms with Crippen molar-refractivity contribution in [3.63, 3.8) is 0 Å². The van der Waals surface area contributed by atoms with Gasteiger partial charge in [-0.15, -0.1) is 0 Å². The third-order valence-corrected chi connectivity index (χ3v) is 1.94. The van der Waals surface area contributed by atoms with Gasteiger partial charge in [-0.3, -0.25) is 0 Å². The highest BCUT2D eigenvalue weighted by Gasteiger charge is 2.17. The summed E-state index contributed by atoms with van der Waals surface area (Å²) in [5, 5.41) is 36.3. The Hall–Kier alpha value is -1.30. The molecule has 0 fully saturated rings. The predicted molar refractivity (Wildman–Crippen MR) is 50.6 cm³/mol. The van der Waals surface area contributed by atoms with Crippen LogP contribution in [0.5, 0.6) is 5.75 Å². The van der Waals surface area contributed by atoms with Crippen molar-refractivity contribution in [2.24, 2.45) is 0 Å². The van der Waals surface area contributed by atoms with Crippen LogP contribution in [-0.2, 0) is 0 Å². The zero-order valence-corrected chi connectivity index (χ0v) is 7.46. The molecule has 5 nitrogen and oxygen atoms in total. The quantitative estimate of drug-likeness (QED) is 0.329. The SMILES string of the molecule is Nc1cc(C(O)C(O)CO)ccc1O. The first-order valence-electron chi connectivity index (χ1n) is 4.11. The fraction of sp³-hybridized carbons (Fsp3) is 0.333. The third-order valence-electron chi connectivity index (χ3n) is 1.94. The van der Waals surface area contributed by atoms with E-state index in [2.05, 4.69) is 0 Å². The zero-order chi connectivity index (χ0) is 10.7. The fourth-order valence-corrected chi connectivity index (χ4v) is 1.08. The minimum atomic E-state index is -1.25. The molecule has 2 atom stereocenters. The maximum absolute atomic E-state index is 9.46. The Kier molecular flexibility index (Phi) is 3.29. The molecule has 1 aromatic rings. The van der Waals surface area contributed by atoms with Crippen molar-refractivity contribution >= 4 is 5.69 Å². The van der Waals surface area contributed by atoms with Crippen LogP contribution in [0.2, 0.25) is 0 Å². The molecule has 0 aliphatic rings. The van der Waals surface area contributed by atoms with Gasteiger partial charge in [-0.25, -0.2) is 0 Å². The average molecular weight is 199 g/mol. The maximum Gasteiger partial charge on any atom is 0.138 e. The Bertz CT molecular complexity index is 316. The second-order valence-corrected chi connectivity index (χ2v) is 3.01. The largest absolute Gasteiger partial charge is 0.506 e. The minimum Gasteiger partial charge on any atom is -0.506 e. The molecule has 0 saturated carbocycles. The van der Waals surface area contributed by atoms with Gasteiger partial charge in [0.05, 0.1) is 12.3 Å². The van der Waals surface area contributed by atoms with Gasteiger partial charge in [0.15, 0.2) is 0 Å². The highest BCUT2D eigenvalue weighted by molar-refractivity contribution is 5.53. The Labute approximate surface area is 81.0 Å². The van der Waals surface area contributed by atoms with E-state index in [4.69, 9.17) is 21.1 Å². The standard InChI is InChI=1S/C9H13NO4/c10-6-3-5(1-2-7(6)12)9(14)8(13)4-11/h1-3,8-9,11-14H,4,10H2. The van der Waals surface area contributed by atoms with E-state index in [9.17, 15) is 5.11 Å². The monoisotopic (exact) mass is 199 g/mol. The lowest BCUT2D eigenvalue weighted by Crippen LogP contribution is -2.22. The molecule has 14 heavy (non-hydrogen) atoms. The molecule has 0 spiro atoms. The van der Waals surface area contributed by atoms with Crippen molar-refractivity contribution in [1.29, 1.82) is 0 Å². The highest BCUT2D eigenvalue weighted by atomic mass is 16.4. The molecule has 0 saturated heterocycles. The first-order valence-corrected chi connectivity index (χ1v) is 4.11. The summed E-state index contributed by atoms with van der Waals surface area (Å²) in [6, 6.07) is 4.09. The van der Waals surface area contributed by atoms with Crippen LogP contribution in [0.4, 0.5) is 5.69 Å². The molecule has 0 aliphatic heterocycles. The Balaban J connectivity index is 2.91. The highest BCUT2D eigenvalue weighted by Crippen LogP contribution is 2.25. The number of aliphatic hydroxyl groups excluding tert-OH is 3. The lowest BCUT2D eigenvalue weighted by atomic mass is 10.0. The Morgan fingerprint density at radius 3 is 2.43 bits per heavy atom. The summed E-state index contributed by atoms with van der Waals surface area (Å²) in [6.07, 6.45) is -2.46.